The summed E-state index contributed by atoms with van der Waals surface area (Å²) in [6.45, 7) is 11.9. The van der Waals surface area contributed by atoms with Gasteiger partial charge in [0, 0.05) is 82.5 Å². The standard InChI is InChI=1S/C18H21ClN4O3S.2C10H12N2O4S.C10H16N2O2S.C8H9BrN2O4S.C8H6Cl2N2O.C6H3BrFNO2/c1-5-11-6-7-12(15(8-11)23(3)27(4,25)26)20-13-9-16(19)21-14-10-22(2)18(24)17(13)14;2*1-4-8-5-6-9(12(13)14)10(7-8)11(2)17(3,15)16;1-4-8-5-6-9(11)10(7-8)12(2)15(3,13)14;1-10(16(2,14)15)8-5-6(9)3-4-7(8)11(12)13;1-12-3-5-7(8(12)13)4(9)2-6(10)11-5;7-4-1-2-6(9(10)11)5(8)3-4/h6-9H,5,10H2,1-4H3,(H,20,21);2*4-7H,1H2,2-3H3;5-7H,4,11H2,1-3H3;3-5H,1-2H3;2H,3H2,1H3;1-3H. The second-order valence-corrected chi connectivity index (χ2v) is 37.9. The summed E-state index contributed by atoms with van der Waals surface area (Å²) in [6, 6.07) is 30.1. The Morgan fingerprint density at radius 1 is 0.483 bits per heavy atom. The van der Waals surface area contributed by atoms with Gasteiger partial charge in [-0.1, -0.05) is 118 Å². The van der Waals surface area contributed by atoms with Gasteiger partial charge in [0.1, 0.15) is 27.4 Å². The number of nitro benzene ring substituents is 4. The van der Waals surface area contributed by atoms with Crippen LogP contribution in [0.15, 0.2) is 143 Å². The zero-order chi connectivity index (χ0) is 88.5. The summed E-state index contributed by atoms with van der Waals surface area (Å²) in [5, 5.41) is 46.6. The SMILES string of the molecule is C=Cc1ccc([N+](=O)[O-])c(N(C)S(C)(=O)=O)c1.C=Cc1ccc([N+](=O)[O-])c(N(C)S(C)(=O)=O)c1.CCc1ccc(N)c(N(C)S(C)(=O)=O)c1.CCc1ccc(Nc2cc(Cl)nc3c2C(=O)N(C)C3)c(N(C)S(C)(=O)=O)c1.CN(c1cc(Br)ccc1[N+](=O)[O-])S(C)(=O)=O.CN1Cc2nc(Cl)cc(Cl)c2C1=O.O=[N+]([O-])c1ccc(Br)cc1F. The number of sulfonamides is 5. The van der Waals surface area contributed by atoms with Gasteiger partial charge < -0.3 is 20.9 Å². The van der Waals surface area contributed by atoms with Gasteiger partial charge in [0.05, 0.1) is 120 Å². The molecule has 3 N–H and O–H groups in total. The van der Waals surface area contributed by atoms with Gasteiger partial charge >= 0.3 is 5.69 Å². The quantitative estimate of drug-likeness (QED) is 0.0310. The largest absolute Gasteiger partial charge is 0.397 e. The number of hydrogen-bond donors (Lipinski definition) is 2. The number of benzene rings is 6. The minimum Gasteiger partial charge on any atom is -0.397 e. The Bertz CT molecular complexity index is 5650. The van der Waals surface area contributed by atoms with Crippen molar-refractivity contribution in [3.05, 3.63) is 250 Å². The molecule has 0 bridgehead atoms. The van der Waals surface area contributed by atoms with Crippen molar-refractivity contribution in [2.24, 2.45) is 0 Å². The second kappa shape index (κ2) is 41.0. The van der Waals surface area contributed by atoms with Crippen LogP contribution in [0.5, 0.6) is 0 Å². The fourth-order valence-corrected chi connectivity index (χ4v) is 13.8. The van der Waals surface area contributed by atoms with Crippen molar-refractivity contribution in [1.82, 2.24) is 19.8 Å². The number of hydrogen-bond acceptors (Lipinski definition) is 24. The van der Waals surface area contributed by atoms with E-state index in [1.54, 1.807) is 48.2 Å². The van der Waals surface area contributed by atoms with Crippen LogP contribution in [0.4, 0.5) is 72.6 Å². The van der Waals surface area contributed by atoms with Crippen LogP contribution in [0, 0.1) is 46.3 Å². The van der Waals surface area contributed by atoms with Crippen molar-refractivity contribution in [2.45, 2.75) is 39.8 Å². The lowest BCUT2D eigenvalue weighted by Crippen LogP contribution is -2.25. The lowest BCUT2D eigenvalue weighted by Gasteiger charge is -2.22. The van der Waals surface area contributed by atoms with Crippen molar-refractivity contribution in [2.75, 3.05) is 113 Å². The van der Waals surface area contributed by atoms with Crippen molar-refractivity contribution < 1.29 is 75.8 Å². The van der Waals surface area contributed by atoms with Crippen LogP contribution in [0.3, 0.4) is 0 Å². The molecule has 0 aliphatic carbocycles. The van der Waals surface area contributed by atoms with E-state index in [2.05, 4.69) is 60.3 Å². The number of pyridine rings is 2. The van der Waals surface area contributed by atoms with Crippen LogP contribution in [-0.4, -0.2) is 174 Å². The maximum atomic E-state index is 12.6. The molecule has 0 unspecified atom stereocenters. The molecular formula is C70H79Br2Cl3FN15O20S5. The average Bonchev–Trinajstić information content (AvgIpc) is 1.64. The van der Waals surface area contributed by atoms with Crippen molar-refractivity contribution in [3.63, 3.8) is 0 Å². The second-order valence-electron chi connectivity index (χ2n) is 24.8. The highest BCUT2D eigenvalue weighted by atomic mass is 79.9. The number of nitrogen functional groups attached to an aromatic ring is 1. The number of rotatable bonds is 20. The summed E-state index contributed by atoms with van der Waals surface area (Å²) in [4.78, 5) is 75.2. The number of nitrogens with zero attached hydrogens (tertiary/aromatic N) is 13. The first-order chi connectivity index (χ1) is 53.4. The van der Waals surface area contributed by atoms with Crippen LogP contribution >= 0.6 is 66.7 Å². The highest BCUT2D eigenvalue weighted by Crippen LogP contribution is 2.39. The Kier molecular flexibility index (Phi) is 34.7. The van der Waals surface area contributed by atoms with Crippen LogP contribution in [-0.2, 0) is 76.0 Å². The molecule has 8 aromatic rings. The molecule has 10 rings (SSSR count). The van der Waals surface area contributed by atoms with E-state index in [1.807, 2.05) is 32.0 Å². The molecule has 2 aromatic heterocycles. The third-order valence-corrected chi connectivity index (χ3v) is 24.1. The molecule has 46 heteroatoms. The molecule has 626 valence electrons. The van der Waals surface area contributed by atoms with Crippen molar-refractivity contribution >= 4 is 209 Å². The molecule has 0 spiro atoms. The molecule has 6 aromatic carbocycles. The minimum atomic E-state index is -3.54. The number of anilines is 8. The molecule has 0 radical (unpaired) electrons. The molecule has 0 saturated heterocycles. The van der Waals surface area contributed by atoms with E-state index in [1.165, 1.54) is 123 Å². The van der Waals surface area contributed by atoms with E-state index in [0.717, 1.165) is 80.3 Å². The number of aryl methyl sites for hydroxylation is 2. The zero-order valence-electron chi connectivity index (χ0n) is 64.3. The fraction of sp³-hybridized carbons (Fsp3) is 0.257. The maximum Gasteiger partial charge on any atom is 0.304 e. The molecular weight excluding hydrogens is 1820 g/mol. The number of fused-ring (bicyclic) bond motifs is 2. The van der Waals surface area contributed by atoms with Crippen LogP contribution in [0.2, 0.25) is 15.3 Å². The van der Waals surface area contributed by atoms with Crippen molar-refractivity contribution in [1.29, 1.82) is 0 Å². The van der Waals surface area contributed by atoms with Crippen molar-refractivity contribution in [3.8, 4) is 0 Å². The Morgan fingerprint density at radius 2 is 0.819 bits per heavy atom. The monoisotopic (exact) mass is 1890 g/mol. The van der Waals surface area contributed by atoms with Crippen LogP contribution < -0.4 is 32.6 Å². The van der Waals surface area contributed by atoms with E-state index < -0.39 is 81.3 Å². The number of halogens is 6. The summed E-state index contributed by atoms with van der Waals surface area (Å²) in [5.41, 5.74) is 12.6. The molecule has 2 amide bonds. The molecule has 116 heavy (non-hydrogen) atoms. The summed E-state index contributed by atoms with van der Waals surface area (Å²) in [5.74, 6) is -1.08. The Morgan fingerprint density at radius 3 is 1.21 bits per heavy atom. The average molecular weight is 1900 g/mol. The van der Waals surface area contributed by atoms with E-state index >= 15 is 0 Å². The van der Waals surface area contributed by atoms with E-state index in [-0.39, 0.29) is 51.1 Å². The summed E-state index contributed by atoms with van der Waals surface area (Å²) in [7, 11) is -7.11. The number of aromatic nitrogens is 2. The van der Waals surface area contributed by atoms with Crippen LogP contribution in [0.1, 0.15) is 68.2 Å². The first-order valence-electron chi connectivity index (χ1n) is 32.8. The zero-order valence-corrected chi connectivity index (χ0v) is 73.8. The first-order valence-corrected chi connectivity index (χ1v) is 44.8. The van der Waals surface area contributed by atoms with E-state index in [0.29, 0.717) is 94.3 Å². The molecule has 0 fully saturated rings. The maximum absolute atomic E-state index is 12.6. The van der Waals surface area contributed by atoms with Gasteiger partial charge in [0.2, 0.25) is 55.9 Å². The van der Waals surface area contributed by atoms with Gasteiger partial charge in [-0.25, -0.2) is 52.1 Å². The molecule has 2 aliphatic heterocycles. The van der Waals surface area contributed by atoms with Gasteiger partial charge in [-0.05, 0) is 120 Å². The number of nitrogens with two attached hydrogens (primary N) is 1. The summed E-state index contributed by atoms with van der Waals surface area (Å²) < 4.78 is 134. The molecule has 0 saturated carbocycles. The number of carbonyl (C=O) groups excluding carboxylic acids is 2. The van der Waals surface area contributed by atoms with Gasteiger partial charge in [-0.15, -0.1) is 0 Å². The summed E-state index contributed by atoms with van der Waals surface area (Å²) >= 11 is 23.8. The smallest absolute Gasteiger partial charge is 0.304 e. The number of carbonyl (C=O) groups is 2. The molecule has 4 heterocycles. The number of nitro groups is 4. The van der Waals surface area contributed by atoms with Gasteiger partial charge in [-0.2, -0.15) is 4.39 Å². The highest BCUT2D eigenvalue weighted by Gasteiger charge is 2.33. The molecule has 2 aliphatic rings. The lowest BCUT2D eigenvalue weighted by molar-refractivity contribution is -0.387. The Hall–Kier alpha value is -10.3. The number of nitrogens with one attached hydrogen (secondary N) is 1. The third kappa shape index (κ3) is 26.9. The van der Waals surface area contributed by atoms with E-state index in [4.69, 9.17) is 40.5 Å². The third-order valence-electron chi connectivity index (χ3n) is 16.5. The molecule has 0 atom stereocenters. The van der Waals surface area contributed by atoms with Gasteiger partial charge in [0.15, 0.2) is 0 Å². The lowest BCUT2D eigenvalue weighted by atomic mass is 10.1. The first kappa shape index (κ1) is 98.1. The predicted molar refractivity (Wildman–Crippen MR) is 459 cm³/mol. The summed E-state index contributed by atoms with van der Waals surface area (Å²) in [6.07, 6.45) is 9.86. The van der Waals surface area contributed by atoms with Gasteiger partial charge in [0.25, 0.3) is 28.9 Å². The Labute approximate surface area is 701 Å². The minimum absolute atomic E-state index is 0.0231. The highest BCUT2D eigenvalue weighted by molar-refractivity contribution is 9.10. The topological polar surface area (TPSA) is 464 Å². The Balaban J connectivity index is 0.000000290. The van der Waals surface area contributed by atoms with E-state index in [9.17, 15) is 96.5 Å². The predicted octanol–water partition coefficient (Wildman–Crippen LogP) is 13.7. The van der Waals surface area contributed by atoms with Gasteiger partial charge in [-0.3, -0.25) is 71.6 Å². The fourth-order valence-electron chi connectivity index (χ4n) is 9.83. The van der Waals surface area contributed by atoms with Crippen LogP contribution in [0.25, 0.3) is 12.2 Å². The molecule has 35 nitrogen and oxygen atoms in total. The number of amides is 2. The normalized spacial score (nSPS) is 12.0.